The average molecular weight is 301 g/mol. The minimum atomic E-state index is -0.644. The summed E-state index contributed by atoms with van der Waals surface area (Å²) in [5, 5.41) is 11.3. The highest BCUT2D eigenvalue weighted by molar-refractivity contribution is 6.39. The Hall–Kier alpha value is -2.35. The lowest BCUT2D eigenvalue weighted by atomic mass is 10.2. The van der Waals surface area contributed by atoms with Crippen molar-refractivity contribution in [3.8, 4) is 6.07 Å². The molecule has 0 aliphatic heterocycles. The molecule has 0 bridgehead atoms. The minimum Gasteiger partial charge on any atom is -0.332 e. The molecule has 5 heteroatoms. The molecule has 1 rings (SSSR count). The molecule has 5 nitrogen and oxygen atoms in total. The molecule has 1 aromatic carbocycles. The first-order valence-electron chi connectivity index (χ1n) is 7.61. The summed E-state index contributed by atoms with van der Waals surface area (Å²) in [7, 11) is 0. The Kier molecular flexibility index (Phi) is 7.11. The lowest BCUT2D eigenvalue weighted by Crippen LogP contribution is -2.44. The maximum Gasteiger partial charge on any atom is 0.313 e. The standard InChI is InChI=1S/C17H23N3O2/c1-4-5-6-11-20(13(2)3)17(22)16(21)19-15-9-7-14(12-18)8-10-15/h7-10,13H,4-6,11H2,1-3H3,(H,19,21). The van der Waals surface area contributed by atoms with Gasteiger partial charge in [0.25, 0.3) is 0 Å². The molecule has 118 valence electrons. The van der Waals surface area contributed by atoms with E-state index in [0.717, 1.165) is 19.3 Å². The Morgan fingerprint density at radius 1 is 1.23 bits per heavy atom. The van der Waals surface area contributed by atoms with Crippen molar-refractivity contribution in [3.05, 3.63) is 29.8 Å². The summed E-state index contributed by atoms with van der Waals surface area (Å²) >= 11 is 0. The number of benzene rings is 1. The number of amides is 2. The van der Waals surface area contributed by atoms with Crippen LogP contribution in [0.5, 0.6) is 0 Å². The van der Waals surface area contributed by atoms with Crippen LogP contribution in [-0.4, -0.2) is 29.3 Å². The lowest BCUT2D eigenvalue weighted by Gasteiger charge is -2.26. The van der Waals surface area contributed by atoms with Crippen LogP contribution in [0.15, 0.2) is 24.3 Å². The molecule has 0 saturated carbocycles. The van der Waals surface area contributed by atoms with E-state index >= 15 is 0 Å². The maximum atomic E-state index is 12.3. The molecule has 0 unspecified atom stereocenters. The molecule has 1 aromatic rings. The highest BCUT2D eigenvalue weighted by Crippen LogP contribution is 2.10. The second kappa shape index (κ2) is 8.83. The fourth-order valence-electron chi connectivity index (χ4n) is 2.07. The van der Waals surface area contributed by atoms with Gasteiger partial charge in [0.15, 0.2) is 0 Å². The van der Waals surface area contributed by atoms with Crippen LogP contribution in [0, 0.1) is 11.3 Å². The van der Waals surface area contributed by atoms with E-state index in [4.69, 9.17) is 5.26 Å². The fourth-order valence-corrected chi connectivity index (χ4v) is 2.07. The van der Waals surface area contributed by atoms with Gasteiger partial charge in [-0.1, -0.05) is 19.8 Å². The molecule has 2 amide bonds. The third kappa shape index (κ3) is 5.21. The molecule has 22 heavy (non-hydrogen) atoms. The number of nitrogens with zero attached hydrogens (tertiary/aromatic N) is 2. The largest absolute Gasteiger partial charge is 0.332 e. The molecule has 0 fully saturated rings. The van der Waals surface area contributed by atoms with E-state index in [2.05, 4.69) is 12.2 Å². The average Bonchev–Trinajstić information content (AvgIpc) is 2.51. The summed E-state index contributed by atoms with van der Waals surface area (Å²) in [5.41, 5.74) is 1.02. The number of rotatable bonds is 6. The molecule has 0 spiro atoms. The van der Waals surface area contributed by atoms with Crippen molar-refractivity contribution in [3.63, 3.8) is 0 Å². The number of nitrogens with one attached hydrogen (secondary N) is 1. The molecule has 0 radical (unpaired) electrons. The van der Waals surface area contributed by atoms with Crippen molar-refractivity contribution < 1.29 is 9.59 Å². The molecule has 0 aromatic heterocycles. The summed E-state index contributed by atoms with van der Waals surface area (Å²) in [5.74, 6) is -1.16. The van der Waals surface area contributed by atoms with Crippen LogP contribution < -0.4 is 5.32 Å². The van der Waals surface area contributed by atoms with Crippen LogP contribution in [0.4, 0.5) is 5.69 Å². The molecule has 0 aliphatic rings. The van der Waals surface area contributed by atoms with Crippen molar-refractivity contribution in [1.82, 2.24) is 4.90 Å². The Balaban J connectivity index is 2.68. The smallest absolute Gasteiger partial charge is 0.313 e. The third-order valence-electron chi connectivity index (χ3n) is 3.35. The summed E-state index contributed by atoms with van der Waals surface area (Å²) < 4.78 is 0. The molecule has 0 saturated heterocycles. The van der Waals surface area contributed by atoms with Crippen molar-refractivity contribution in [2.75, 3.05) is 11.9 Å². The number of hydrogen-bond donors (Lipinski definition) is 1. The zero-order chi connectivity index (χ0) is 16.5. The third-order valence-corrected chi connectivity index (χ3v) is 3.35. The molecule has 0 atom stereocenters. The Morgan fingerprint density at radius 3 is 2.36 bits per heavy atom. The number of anilines is 1. The Morgan fingerprint density at radius 2 is 1.86 bits per heavy atom. The van der Waals surface area contributed by atoms with Gasteiger partial charge in [0.05, 0.1) is 11.6 Å². The van der Waals surface area contributed by atoms with E-state index in [-0.39, 0.29) is 6.04 Å². The van der Waals surface area contributed by atoms with E-state index < -0.39 is 11.8 Å². The van der Waals surface area contributed by atoms with Gasteiger partial charge in [-0.15, -0.1) is 0 Å². The first kappa shape index (κ1) is 17.7. The predicted molar refractivity (Wildman–Crippen MR) is 86.2 cm³/mol. The van der Waals surface area contributed by atoms with E-state index in [0.29, 0.717) is 17.8 Å². The van der Waals surface area contributed by atoms with Crippen LogP contribution in [-0.2, 0) is 9.59 Å². The lowest BCUT2D eigenvalue weighted by molar-refractivity contribution is -0.144. The first-order chi connectivity index (χ1) is 10.5. The second-order valence-electron chi connectivity index (χ2n) is 5.44. The first-order valence-corrected chi connectivity index (χ1v) is 7.61. The fraction of sp³-hybridized carbons (Fsp3) is 0.471. The zero-order valence-corrected chi connectivity index (χ0v) is 13.4. The molecular weight excluding hydrogens is 278 g/mol. The zero-order valence-electron chi connectivity index (χ0n) is 13.4. The number of carbonyl (C=O) groups is 2. The van der Waals surface area contributed by atoms with Crippen LogP contribution in [0.1, 0.15) is 45.6 Å². The highest BCUT2D eigenvalue weighted by Gasteiger charge is 2.23. The quantitative estimate of drug-likeness (QED) is 0.648. The van der Waals surface area contributed by atoms with E-state index in [1.807, 2.05) is 19.9 Å². The summed E-state index contributed by atoms with van der Waals surface area (Å²) in [6.45, 7) is 6.49. The van der Waals surface area contributed by atoms with Crippen molar-refractivity contribution in [1.29, 1.82) is 5.26 Å². The topological polar surface area (TPSA) is 73.2 Å². The SMILES string of the molecule is CCCCCN(C(=O)C(=O)Nc1ccc(C#N)cc1)C(C)C. The van der Waals surface area contributed by atoms with Gasteiger partial charge < -0.3 is 10.2 Å². The number of nitriles is 1. The van der Waals surface area contributed by atoms with Crippen molar-refractivity contribution in [2.45, 2.75) is 46.1 Å². The van der Waals surface area contributed by atoms with Gasteiger partial charge in [-0.05, 0) is 44.5 Å². The highest BCUT2D eigenvalue weighted by atomic mass is 16.2. The molecule has 0 heterocycles. The maximum absolute atomic E-state index is 12.3. The normalized spacial score (nSPS) is 10.1. The van der Waals surface area contributed by atoms with Gasteiger partial charge in [-0.3, -0.25) is 9.59 Å². The molecule has 1 N–H and O–H groups in total. The van der Waals surface area contributed by atoms with Gasteiger partial charge in [-0.25, -0.2) is 0 Å². The van der Waals surface area contributed by atoms with Crippen molar-refractivity contribution >= 4 is 17.5 Å². The molecule has 0 aliphatic carbocycles. The monoisotopic (exact) mass is 301 g/mol. The summed E-state index contributed by atoms with van der Waals surface area (Å²) in [6, 6.07) is 8.41. The van der Waals surface area contributed by atoms with Crippen molar-refractivity contribution in [2.24, 2.45) is 0 Å². The van der Waals surface area contributed by atoms with Gasteiger partial charge in [0, 0.05) is 18.3 Å². The predicted octanol–water partition coefficient (Wildman–Crippen LogP) is 2.92. The number of carbonyl (C=O) groups excluding carboxylic acids is 2. The van der Waals surface area contributed by atoms with Gasteiger partial charge >= 0.3 is 11.8 Å². The minimum absolute atomic E-state index is 0.0175. The van der Waals surface area contributed by atoms with Crippen LogP contribution in [0.25, 0.3) is 0 Å². The van der Waals surface area contributed by atoms with Gasteiger partial charge in [0.1, 0.15) is 0 Å². The number of hydrogen-bond acceptors (Lipinski definition) is 3. The number of unbranched alkanes of at least 4 members (excludes halogenated alkanes) is 2. The van der Waals surface area contributed by atoms with E-state index in [9.17, 15) is 9.59 Å². The summed E-state index contributed by atoms with van der Waals surface area (Å²) in [4.78, 5) is 25.9. The Bertz CT molecular complexity index is 544. The van der Waals surface area contributed by atoms with E-state index in [1.54, 1.807) is 29.2 Å². The van der Waals surface area contributed by atoms with Gasteiger partial charge in [-0.2, -0.15) is 5.26 Å². The second-order valence-corrected chi connectivity index (χ2v) is 5.44. The van der Waals surface area contributed by atoms with Gasteiger partial charge in [0.2, 0.25) is 0 Å². The summed E-state index contributed by atoms with van der Waals surface area (Å²) in [6.07, 6.45) is 3.00. The van der Waals surface area contributed by atoms with E-state index in [1.165, 1.54) is 0 Å². The van der Waals surface area contributed by atoms with Crippen LogP contribution in [0.3, 0.4) is 0 Å². The van der Waals surface area contributed by atoms with Crippen LogP contribution >= 0.6 is 0 Å². The molecular formula is C17H23N3O2. The van der Waals surface area contributed by atoms with Crippen LogP contribution in [0.2, 0.25) is 0 Å². The Labute approximate surface area is 131 Å².